The van der Waals surface area contributed by atoms with E-state index in [9.17, 15) is 0 Å². The Balaban J connectivity index is 2.05. The van der Waals surface area contributed by atoms with Crippen LogP contribution in [0.3, 0.4) is 0 Å². The van der Waals surface area contributed by atoms with Crippen LogP contribution in [0, 0.1) is 13.8 Å². The molecular weight excluding hydrogens is 230 g/mol. The molecule has 0 saturated carbocycles. The first-order valence-corrected chi connectivity index (χ1v) is 6.88. The van der Waals surface area contributed by atoms with E-state index in [-0.39, 0.29) is 0 Å². The summed E-state index contributed by atoms with van der Waals surface area (Å²) < 4.78 is 0.978. The van der Waals surface area contributed by atoms with E-state index in [4.69, 9.17) is 0 Å². The Labute approximate surface area is 117 Å². The number of benzene rings is 2. The molecular formula is C18H24N+. The molecule has 0 unspecified atom stereocenters. The molecule has 1 heteroatoms. The maximum absolute atomic E-state index is 2.29. The van der Waals surface area contributed by atoms with Crippen LogP contribution in [0.2, 0.25) is 0 Å². The van der Waals surface area contributed by atoms with Gasteiger partial charge in [-0.25, -0.2) is 0 Å². The van der Waals surface area contributed by atoms with E-state index < -0.39 is 0 Å². The highest BCUT2D eigenvalue weighted by atomic mass is 15.3. The minimum absolute atomic E-state index is 0.978. The SMILES string of the molecule is Cc1ccc(C[N+](C)(C)Cc2ccc(C)cc2)cc1. The Bertz CT molecular complexity index is 471. The second-order valence-electron chi connectivity index (χ2n) is 6.22. The first-order chi connectivity index (χ1) is 8.94. The number of hydrogen-bond donors (Lipinski definition) is 0. The van der Waals surface area contributed by atoms with Crippen LogP contribution in [0.25, 0.3) is 0 Å². The minimum atomic E-state index is 0.978. The van der Waals surface area contributed by atoms with Crippen molar-refractivity contribution in [3.8, 4) is 0 Å². The Hall–Kier alpha value is -1.60. The van der Waals surface area contributed by atoms with Gasteiger partial charge < -0.3 is 4.48 Å². The first-order valence-electron chi connectivity index (χ1n) is 6.88. The van der Waals surface area contributed by atoms with E-state index in [0.29, 0.717) is 0 Å². The maximum Gasteiger partial charge on any atom is 0.104 e. The molecule has 0 bridgehead atoms. The first kappa shape index (κ1) is 13.8. The van der Waals surface area contributed by atoms with E-state index >= 15 is 0 Å². The van der Waals surface area contributed by atoms with Crippen LogP contribution in [0.4, 0.5) is 0 Å². The van der Waals surface area contributed by atoms with Gasteiger partial charge in [-0.3, -0.25) is 0 Å². The zero-order valence-electron chi connectivity index (χ0n) is 12.5. The molecule has 0 aliphatic heterocycles. The molecule has 0 aromatic heterocycles. The molecule has 0 aliphatic carbocycles. The van der Waals surface area contributed by atoms with E-state index in [1.54, 1.807) is 0 Å². The molecule has 0 spiro atoms. The van der Waals surface area contributed by atoms with Gasteiger partial charge in [-0.15, -0.1) is 0 Å². The highest BCUT2D eigenvalue weighted by Crippen LogP contribution is 2.15. The van der Waals surface area contributed by atoms with Gasteiger partial charge in [-0.05, 0) is 13.8 Å². The van der Waals surface area contributed by atoms with E-state index in [1.165, 1.54) is 22.3 Å². The van der Waals surface area contributed by atoms with Gasteiger partial charge in [0, 0.05) is 11.1 Å². The molecule has 2 aromatic carbocycles. The third kappa shape index (κ3) is 4.22. The van der Waals surface area contributed by atoms with Crippen molar-refractivity contribution in [1.82, 2.24) is 0 Å². The van der Waals surface area contributed by atoms with Crippen molar-refractivity contribution in [2.45, 2.75) is 26.9 Å². The van der Waals surface area contributed by atoms with Gasteiger partial charge in [0.1, 0.15) is 13.1 Å². The molecule has 0 amide bonds. The lowest BCUT2D eigenvalue weighted by Gasteiger charge is -2.30. The molecule has 2 rings (SSSR count). The molecule has 2 aromatic rings. The summed E-state index contributed by atoms with van der Waals surface area (Å²) in [6, 6.07) is 17.7. The summed E-state index contributed by atoms with van der Waals surface area (Å²) >= 11 is 0. The van der Waals surface area contributed by atoms with Gasteiger partial charge in [0.25, 0.3) is 0 Å². The summed E-state index contributed by atoms with van der Waals surface area (Å²) in [6.07, 6.45) is 0. The lowest BCUT2D eigenvalue weighted by atomic mass is 10.1. The fraction of sp³-hybridized carbons (Fsp3) is 0.333. The van der Waals surface area contributed by atoms with Gasteiger partial charge in [-0.2, -0.15) is 0 Å². The number of aryl methyl sites for hydroxylation is 2. The summed E-state index contributed by atoms with van der Waals surface area (Å²) in [5.41, 5.74) is 5.46. The van der Waals surface area contributed by atoms with Crippen molar-refractivity contribution in [1.29, 1.82) is 0 Å². The zero-order valence-corrected chi connectivity index (χ0v) is 12.5. The molecule has 1 nitrogen and oxygen atoms in total. The molecule has 0 aliphatic rings. The van der Waals surface area contributed by atoms with Crippen LogP contribution < -0.4 is 0 Å². The topological polar surface area (TPSA) is 0 Å². The van der Waals surface area contributed by atoms with Crippen molar-refractivity contribution in [2.75, 3.05) is 14.1 Å². The van der Waals surface area contributed by atoms with Crippen molar-refractivity contribution < 1.29 is 4.48 Å². The third-order valence-electron chi connectivity index (χ3n) is 3.46. The van der Waals surface area contributed by atoms with Crippen LogP contribution in [0.1, 0.15) is 22.3 Å². The lowest BCUT2D eigenvalue weighted by Crippen LogP contribution is -2.37. The quantitative estimate of drug-likeness (QED) is 0.721. The third-order valence-corrected chi connectivity index (χ3v) is 3.46. The lowest BCUT2D eigenvalue weighted by molar-refractivity contribution is -0.916. The second kappa shape index (κ2) is 5.58. The molecule has 0 fully saturated rings. The second-order valence-corrected chi connectivity index (χ2v) is 6.22. The van der Waals surface area contributed by atoms with Crippen molar-refractivity contribution in [3.05, 3.63) is 70.8 Å². The average Bonchev–Trinajstić information content (AvgIpc) is 2.34. The average molecular weight is 254 g/mol. The fourth-order valence-electron chi connectivity index (χ4n) is 2.43. The number of nitrogens with zero attached hydrogens (tertiary/aromatic N) is 1. The van der Waals surface area contributed by atoms with Gasteiger partial charge in [0.15, 0.2) is 0 Å². The van der Waals surface area contributed by atoms with Crippen LogP contribution >= 0.6 is 0 Å². The Kier molecular flexibility index (Phi) is 4.06. The van der Waals surface area contributed by atoms with Gasteiger partial charge in [0.2, 0.25) is 0 Å². The molecule has 0 N–H and O–H groups in total. The van der Waals surface area contributed by atoms with Gasteiger partial charge in [-0.1, -0.05) is 59.7 Å². The molecule has 0 heterocycles. The summed E-state index contributed by atoms with van der Waals surface area (Å²) in [6.45, 7) is 6.40. The van der Waals surface area contributed by atoms with Crippen LogP contribution in [0.15, 0.2) is 48.5 Å². The number of quaternary nitrogens is 1. The summed E-state index contributed by atoms with van der Waals surface area (Å²) in [7, 11) is 4.58. The number of hydrogen-bond acceptors (Lipinski definition) is 0. The normalized spacial score (nSPS) is 11.6. The molecule has 100 valence electrons. The largest absolute Gasteiger partial charge is 0.321 e. The van der Waals surface area contributed by atoms with Crippen LogP contribution in [-0.2, 0) is 13.1 Å². The van der Waals surface area contributed by atoms with Crippen LogP contribution in [-0.4, -0.2) is 18.6 Å². The molecule has 0 saturated heterocycles. The predicted octanol–water partition coefficient (Wildman–Crippen LogP) is 4.08. The minimum Gasteiger partial charge on any atom is -0.321 e. The van der Waals surface area contributed by atoms with Gasteiger partial charge in [0.05, 0.1) is 14.1 Å². The predicted molar refractivity (Wildman–Crippen MR) is 81.9 cm³/mol. The summed E-state index contributed by atoms with van der Waals surface area (Å²) in [4.78, 5) is 0. The maximum atomic E-state index is 2.29. The van der Waals surface area contributed by atoms with E-state index in [1.807, 2.05) is 0 Å². The monoisotopic (exact) mass is 254 g/mol. The summed E-state index contributed by atoms with van der Waals surface area (Å²) in [5, 5.41) is 0. The summed E-state index contributed by atoms with van der Waals surface area (Å²) in [5.74, 6) is 0. The van der Waals surface area contributed by atoms with Crippen molar-refractivity contribution >= 4 is 0 Å². The Morgan fingerprint density at radius 2 is 0.947 bits per heavy atom. The van der Waals surface area contributed by atoms with Crippen molar-refractivity contribution in [3.63, 3.8) is 0 Å². The molecule has 0 atom stereocenters. The standard InChI is InChI=1S/C18H24N/c1-15-5-9-17(10-6-15)13-19(3,4)14-18-11-7-16(2)8-12-18/h5-12H,13-14H2,1-4H3/q+1. The van der Waals surface area contributed by atoms with E-state index in [0.717, 1.165) is 17.6 Å². The molecule has 19 heavy (non-hydrogen) atoms. The highest BCUT2D eigenvalue weighted by Gasteiger charge is 2.16. The smallest absolute Gasteiger partial charge is 0.104 e. The van der Waals surface area contributed by atoms with Gasteiger partial charge >= 0.3 is 0 Å². The highest BCUT2D eigenvalue weighted by molar-refractivity contribution is 5.22. The Morgan fingerprint density at radius 1 is 0.632 bits per heavy atom. The molecule has 0 radical (unpaired) electrons. The zero-order chi connectivity index (χ0) is 13.9. The Morgan fingerprint density at radius 3 is 1.26 bits per heavy atom. The van der Waals surface area contributed by atoms with E-state index in [2.05, 4.69) is 76.5 Å². The fourth-order valence-corrected chi connectivity index (χ4v) is 2.43. The van der Waals surface area contributed by atoms with Crippen molar-refractivity contribution in [2.24, 2.45) is 0 Å². The number of rotatable bonds is 4. The van der Waals surface area contributed by atoms with Crippen LogP contribution in [0.5, 0.6) is 0 Å².